The van der Waals surface area contributed by atoms with Gasteiger partial charge in [0.15, 0.2) is 0 Å². The Morgan fingerprint density at radius 3 is 2.80 bits per heavy atom. The summed E-state index contributed by atoms with van der Waals surface area (Å²) in [6.07, 6.45) is 5.82. The van der Waals surface area contributed by atoms with Crippen LogP contribution in [0.3, 0.4) is 0 Å². The maximum Gasteiger partial charge on any atom is 0.0953 e. The molecule has 1 fully saturated rings. The third kappa shape index (κ3) is 1.92. The first-order chi connectivity index (χ1) is 7.13. The van der Waals surface area contributed by atoms with Crippen LogP contribution in [-0.2, 0) is 10.3 Å². The molecular formula is C11H19N3O. The maximum atomic E-state index is 5.93. The van der Waals surface area contributed by atoms with Crippen LogP contribution in [-0.4, -0.2) is 22.8 Å². The van der Waals surface area contributed by atoms with Crippen LogP contribution >= 0.6 is 0 Å². The monoisotopic (exact) mass is 209 g/mol. The number of hydrogen-bond acceptors (Lipinski definition) is 3. The van der Waals surface area contributed by atoms with E-state index in [1.54, 1.807) is 0 Å². The Morgan fingerprint density at radius 1 is 1.53 bits per heavy atom. The summed E-state index contributed by atoms with van der Waals surface area (Å²) in [5.41, 5.74) is 7.17. The number of nitrogens with zero attached hydrogens (tertiary/aromatic N) is 2. The molecule has 0 amide bonds. The first kappa shape index (κ1) is 10.6. The number of nitrogens with two attached hydrogens (primary N) is 1. The van der Waals surface area contributed by atoms with Crippen molar-refractivity contribution in [1.29, 1.82) is 0 Å². The lowest BCUT2D eigenvalue weighted by Crippen LogP contribution is -2.38. The van der Waals surface area contributed by atoms with Gasteiger partial charge in [-0.1, -0.05) is 0 Å². The molecule has 0 radical (unpaired) electrons. The molecule has 15 heavy (non-hydrogen) atoms. The van der Waals surface area contributed by atoms with E-state index in [-0.39, 0.29) is 11.6 Å². The summed E-state index contributed by atoms with van der Waals surface area (Å²) >= 11 is 0. The van der Waals surface area contributed by atoms with E-state index in [0.717, 1.165) is 31.7 Å². The Hall–Kier alpha value is -0.870. The molecule has 4 heteroatoms. The van der Waals surface area contributed by atoms with E-state index in [4.69, 9.17) is 10.5 Å². The summed E-state index contributed by atoms with van der Waals surface area (Å²) in [6, 6.07) is 0.0344. The molecule has 1 saturated heterocycles. The minimum absolute atomic E-state index is 0.0344. The third-order valence-corrected chi connectivity index (χ3v) is 3.29. The quantitative estimate of drug-likeness (QED) is 0.801. The van der Waals surface area contributed by atoms with Crippen molar-refractivity contribution in [1.82, 2.24) is 9.55 Å². The molecule has 1 aliphatic heterocycles. The van der Waals surface area contributed by atoms with Crippen LogP contribution in [0.1, 0.15) is 38.4 Å². The van der Waals surface area contributed by atoms with Gasteiger partial charge in [0, 0.05) is 31.0 Å². The fourth-order valence-electron chi connectivity index (χ4n) is 2.15. The molecule has 1 aliphatic rings. The highest BCUT2D eigenvalue weighted by Crippen LogP contribution is 2.30. The normalized spacial score (nSPS) is 22.6. The van der Waals surface area contributed by atoms with Gasteiger partial charge in [-0.15, -0.1) is 0 Å². The van der Waals surface area contributed by atoms with Crippen LogP contribution in [0.2, 0.25) is 0 Å². The zero-order chi connectivity index (χ0) is 10.9. The van der Waals surface area contributed by atoms with E-state index in [1.807, 2.05) is 19.4 Å². The van der Waals surface area contributed by atoms with Crippen molar-refractivity contribution in [2.24, 2.45) is 5.73 Å². The van der Waals surface area contributed by atoms with Gasteiger partial charge in [-0.05, 0) is 26.7 Å². The standard InChI is InChI=1S/C11H19N3O/c1-9(12)10-7-13-8-14(10)11(2)3-5-15-6-4-11/h7-9H,3-6,12H2,1-2H3/t9-/m1/s1. The van der Waals surface area contributed by atoms with E-state index in [2.05, 4.69) is 16.5 Å². The molecule has 1 aromatic heterocycles. The second kappa shape index (κ2) is 3.94. The highest BCUT2D eigenvalue weighted by molar-refractivity contribution is 5.08. The lowest BCUT2D eigenvalue weighted by molar-refractivity contribution is 0.0280. The summed E-state index contributed by atoms with van der Waals surface area (Å²) in [5, 5.41) is 0. The summed E-state index contributed by atoms with van der Waals surface area (Å²) in [6.45, 7) is 5.90. The summed E-state index contributed by atoms with van der Waals surface area (Å²) in [5.74, 6) is 0. The van der Waals surface area contributed by atoms with Gasteiger partial charge in [-0.2, -0.15) is 0 Å². The molecule has 0 spiro atoms. The molecule has 0 saturated carbocycles. The second-order valence-corrected chi connectivity index (χ2v) is 4.59. The van der Waals surface area contributed by atoms with Gasteiger partial charge in [-0.25, -0.2) is 4.98 Å². The molecule has 0 aliphatic carbocycles. The van der Waals surface area contributed by atoms with Crippen molar-refractivity contribution >= 4 is 0 Å². The van der Waals surface area contributed by atoms with Gasteiger partial charge in [0.25, 0.3) is 0 Å². The van der Waals surface area contributed by atoms with Crippen LogP contribution in [0.25, 0.3) is 0 Å². The molecular weight excluding hydrogens is 190 g/mol. The van der Waals surface area contributed by atoms with Crippen molar-refractivity contribution in [2.75, 3.05) is 13.2 Å². The van der Waals surface area contributed by atoms with Crippen molar-refractivity contribution in [3.05, 3.63) is 18.2 Å². The predicted octanol–water partition coefficient (Wildman–Crippen LogP) is 1.43. The van der Waals surface area contributed by atoms with Gasteiger partial charge in [0.05, 0.1) is 12.0 Å². The largest absolute Gasteiger partial charge is 0.381 e. The van der Waals surface area contributed by atoms with Gasteiger partial charge in [0.1, 0.15) is 0 Å². The molecule has 2 heterocycles. The molecule has 1 aromatic rings. The first-order valence-electron chi connectivity index (χ1n) is 5.49. The maximum absolute atomic E-state index is 5.93. The Kier molecular flexibility index (Phi) is 2.80. The topological polar surface area (TPSA) is 53.1 Å². The van der Waals surface area contributed by atoms with Crippen molar-refractivity contribution in [3.8, 4) is 0 Å². The van der Waals surface area contributed by atoms with E-state index in [9.17, 15) is 0 Å². The van der Waals surface area contributed by atoms with Crippen LogP contribution in [0.4, 0.5) is 0 Å². The highest BCUT2D eigenvalue weighted by Gasteiger charge is 2.31. The predicted molar refractivity (Wildman–Crippen MR) is 58.5 cm³/mol. The van der Waals surface area contributed by atoms with Crippen molar-refractivity contribution in [2.45, 2.75) is 38.3 Å². The zero-order valence-electron chi connectivity index (χ0n) is 9.44. The van der Waals surface area contributed by atoms with Gasteiger partial charge in [0.2, 0.25) is 0 Å². The smallest absolute Gasteiger partial charge is 0.0953 e. The summed E-state index contributed by atoms with van der Waals surface area (Å²) in [7, 11) is 0. The van der Waals surface area contributed by atoms with E-state index in [1.165, 1.54) is 0 Å². The molecule has 0 bridgehead atoms. The van der Waals surface area contributed by atoms with Crippen LogP contribution in [0.5, 0.6) is 0 Å². The molecule has 0 unspecified atom stereocenters. The number of aromatic nitrogens is 2. The van der Waals surface area contributed by atoms with Gasteiger partial charge < -0.3 is 15.0 Å². The Bertz CT molecular complexity index is 326. The SMILES string of the molecule is C[C@@H](N)c1cncn1C1(C)CCOCC1. The van der Waals surface area contributed by atoms with Gasteiger partial charge in [-0.3, -0.25) is 0 Å². The fraction of sp³-hybridized carbons (Fsp3) is 0.727. The minimum Gasteiger partial charge on any atom is -0.381 e. The number of ether oxygens (including phenoxy) is 1. The fourth-order valence-corrected chi connectivity index (χ4v) is 2.15. The Balaban J connectivity index is 2.30. The lowest BCUT2D eigenvalue weighted by Gasteiger charge is -2.36. The van der Waals surface area contributed by atoms with Crippen molar-refractivity contribution in [3.63, 3.8) is 0 Å². The van der Waals surface area contributed by atoms with Crippen LogP contribution < -0.4 is 5.73 Å². The summed E-state index contributed by atoms with van der Waals surface area (Å²) < 4.78 is 7.62. The molecule has 84 valence electrons. The molecule has 1 atom stereocenters. The molecule has 2 N–H and O–H groups in total. The van der Waals surface area contributed by atoms with Crippen LogP contribution in [0, 0.1) is 0 Å². The Morgan fingerprint density at radius 2 is 2.20 bits per heavy atom. The molecule has 0 aromatic carbocycles. The highest BCUT2D eigenvalue weighted by atomic mass is 16.5. The summed E-state index contributed by atoms with van der Waals surface area (Å²) in [4.78, 5) is 4.21. The van der Waals surface area contributed by atoms with E-state index < -0.39 is 0 Å². The van der Waals surface area contributed by atoms with Crippen LogP contribution in [0.15, 0.2) is 12.5 Å². The Labute approximate surface area is 90.4 Å². The zero-order valence-corrected chi connectivity index (χ0v) is 9.44. The average molecular weight is 209 g/mol. The first-order valence-corrected chi connectivity index (χ1v) is 5.49. The van der Waals surface area contributed by atoms with Crippen molar-refractivity contribution < 1.29 is 4.74 Å². The number of imidazole rings is 1. The van der Waals surface area contributed by atoms with E-state index in [0.29, 0.717) is 0 Å². The lowest BCUT2D eigenvalue weighted by atomic mass is 9.91. The number of rotatable bonds is 2. The molecule has 4 nitrogen and oxygen atoms in total. The second-order valence-electron chi connectivity index (χ2n) is 4.59. The third-order valence-electron chi connectivity index (χ3n) is 3.29. The molecule has 2 rings (SSSR count). The van der Waals surface area contributed by atoms with E-state index >= 15 is 0 Å². The van der Waals surface area contributed by atoms with Gasteiger partial charge >= 0.3 is 0 Å². The minimum atomic E-state index is 0.0344. The average Bonchev–Trinajstić information content (AvgIpc) is 2.67. The number of hydrogen-bond donors (Lipinski definition) is 1.